The smallest absolute Gasteiger partial charge is 0.253 e. The molecule has 0 saturated carbocycles. The van der Waals surface area contributed by atoms with Gasteiger partial charge in [-0.1, -0.05) is 35.9 Å². The zero-order chi connectivity index (χ0) is 20.2. The number of aromatic nitrogens is 1. The Balaban J connectivity index is 1.48. The van der Waals surface area contributed by atoms with Crippen molar-refractivity contribution in [2.75, 3.05) is 13.1 Å². The lowest BCUT2D eigenvalue weighted by molar-refractivity contribution is 0.0706. The van der Waals surface area contributed by atoms with Crippen LogP contribution in [-0.4, -0.2) is 28.9 Å². The number of halogens is 1. The molecule has 4 heteroatoms. The van der Waals surface area contributed by atoms with Crippen molar-refractivity contribution in [3.8, 4) is 0 Å². The number of aryl methyl sites for hydroxylation is 1. The molecule has 1 aromatic heterocycles. The lowest BCUT2D eigenvalue weighted by atomic mass is 9.93. The first kappa shape index (κ1) is 19.3. The van der Waals surface area contributed by atoms with E-state index >= 15 is 0 Å². The minimum atomic E-state index is -0.326. The molecule has 2 heterocycles. The molecule has 0 unspecified atom stereocenters. The normalized spacial score (nSPS) is 16.6. The second-order valence-electron chi connectivity index (χ2n) is 7.82. The number of piperidine rings is 1. The predicted molar refractivity (Wildman–Crippen MR) is 113 cm³/mol. The summed E-state index contributed by atoms with van der Waals surface area (Å²) in [7, 11) is 0. The van der Waals surface area contributed by atoms with Crippen molar-refractivity contribution in [1.82, 2.24) is 9.88 Å². The van der Waals surface area contributed by atoms with Crippen LogP contribution >= 0.6 is 0 Å². The van der Waals surface area contributed by atoms with E-state index in [9.17, 15) is 9.18 Å². The van der Waals surface area contributed by atoms with Crippen LogP contribution in [0.2, 0.25) is 0 Å². The zero-order valence-electron chi connectivity index (χ0n) is 16.6. The van der Waals surface area contributed by atoms with Crippen LogP contribution in [0.15, 0.2) is 66.7 Å². The Hall–Kier alpha value is -3.01. The van der Waals surface area contributed by atoms with Crippen molar-refractivity contribution in [2.24, 2.45) is 0 Å². The summed E-state index contributed by atoms with van der Waals surface area (Å²) in [5, 5.41) is 0. The van der Waals surface area contributed by atoms with E-state index in [1.165, 1.54) is 23.3 Å². The van der Waals surface area contributed by atoms with Gasteiger partial charge in [0.05, 0.1) is 0 Å². The standard InChI is InChI=1S/C25H25FN2O/c1-18-5-2-6-19(15-18)16-23-8-3-9-24(27-23)21-7-4-14-28(17-21)25(29)20-10-12-22(26)13-11-20/h2-3,5-6,8-13,15,21H,4,7,14,16-17H2,1H3/t21-/m1/s1. The van der Waals surface area contributed by atoms with Gasteiger partial charge in [-0.2, -0.15) is 0 Å². The molecule has 3 nitrogen and oxygen atoms in total. The number of carbonyl (C=O) groups excluding carboxylic acids is 1. The number of nitrogens with zero attached hydrogens (tertiary/aromatic N) is 2. The highest BCUT2D eigenvalue weighted by Gasteiger charge is 2.26. The SMILES string of the molecule is Cc1cccc(Cc2cccc([C@@H]3CCCN(C(=O)c4ccc(F)cc4)C3)n2)c1. The van der Waals surface area contributed by atoms with Crippen LogP contribution in [0.3, 0.4) is 0 Å². The molecule has 3 aromatic rings. The molecule has 1 amide bonds. The van der Waals surface area contributed by atoms with Gasteiger partial charge in [0.15, 0.2) is 0 Å². The Bertz CT molecular complexity index is 1000. The van der Waals surface area contributed by atoms with Gasteiger partial charge in [0.2, 0.25) is 0 Å². The van der Waals surface area contributed by atoms with Gasteiger partial charge in [-0.15, -0.1) is 0 Å². The van der Waals surface area contributed by atoms with Crippen LogP contribution in [0.5, 0.6) is 0 Å². The number of pyridine rings is 1. The summed E-state index contributed by atoms with van der Waals surface area (Å²) in [5.74, 6) is -0.135. The largest absolute Gasteiger partial charge is 0.338 e. The van der Waals surface area contributed by atoms with Gasteiger partial charge >= 0.3 is 0 Å². The first-order valence-corrected chi connectivity index (χ1v) is 10.1. The molecule has 0 spiro atoms. The molecule has 29 heavy (non-hydrogen) atoms. The zero-order valence-corrected chi connectivity index (χ0v) is 16.6. The first-order chi connectivity index (χ1) is 14.1. The Morgan fingerprint density at radius 1 is 1.10 bits per heavy atom. The molecule has 148 valence electrons. The topological polar surface area (TPSA) is 33.2 Å². The van der Waals surface area contributed by atoms with Gasteiger partial charge in [0, 0.05) is 42.4 Å². The van der Waals surface area contributed by atoms with Gasteiger partial charge in [-0.05, 0) is 61.7 Å². The lowest BCUT2D eigenvalue weighted by Crippen LogP contribution is -2.39. The second kappa shape index (κ2) is 8.56. The van der Waals surface area contributed by atoms with E-state index in [0.717, 1.165) is 37.2 Å². The second-order valence-corrected chi connectivity index (χ2v) is 7.82. The van der Waals surface area contributed by atoms with E-state index in [-0.39, 0.29) is 17.6 Å². The van der Waals surface area contributed by atoms with Gasteiger partial charge in [0.25, 0.3) is 5.91 Å². The molecule has 0 bridgehead atoms. The Morgan fingerprint density at radius 3 is 2.69 bits per heavy atom. The van der Waals surface area contributed by atoms with E-state index in [2.05, 4.69) is 49.4 Å². The van der Waals surface area contributed by atoms with Crippen LogP contribution in [-0.2, 0) is 6.42 Å². The van der Waals surface area contributed by atoms with Crippen molar-refractivity contribution < 1.29 is 9.18 Å². The van der Waals surface area contributed by atoms with E-state index in [1.807, 2.05) is 4.90 Å². The summed E-state index contributed by atoms with van der Waals surface area (Å²) < 4.78 is 13.2. The number of benzene rings is 2. The van der Waals surface area contributed by atoms with E-state index < -0.39 is 0 Å². The molecule has 2 aromatic carbocycles. The molecule has 0 N–H and O–H groups in total. The molecule has 1 fully saturated rings. The molecule has 1 aliphatic rings. The number of carbonyl (C=O) groups is 1. The number of hydrogen-bond donors (Lipinski definition) is 0. The van der Waals surface area contributed by atoms with Gasteiger partial charge in [0.1, 0.15) is 5.82 Å². The molecule has 0 radical (unpaired) electrons. The third-order valence-corrected chi connectivity index (χ3v) is 5.51. The summed E-state index contributed by atoms with van der Waals surface area (Å²) in [4.78, 5) is 19.6. The van der Waals surface area contributed by atoms with Crippen molar-refractivity contribution in [1.29, 1.82) is 0 Å². The van der Waals surface area contributed by atoms with Crippen LogP contribution in [0.4, 0.5) is 4.39 Å². The fourth-order valence-corrected chi connectivity index (χ4v) is 4.03. The Kier molecular flexibility index (Phi) is 5.70. The van der Waals surface area contributed by atoms with Crippen LogP contribution in [0.25, 0.3) is 0 Å². The highest BCUT2D eigenvalue weighted by Crippen LogP contribution is 2.27. The summed E-state index contributed by atoms with van der Waals surface area (Å²) in [6.45, 7) is 3.48. The van der Waals surface area contributed by atoms with Crippen LogP contribution < -0.4 is 0 Å². The van der Waals surface area contributed by atoms with Crippen molar-refractivity contribution >= 4 is 5.91 Å². The summed E-state index contributed by atoms with van der Waals surface area (Å²) in [6, 6.07) is 20.5. The molecular weight excluding hydrogens is 363 g/mol. The van der Waals surface area contributed by atoms with Gasteiger partial charge in [-0.25, -0.2) is 4.39 Å². The maximum Gasteiger partial charge on any atom is 0.253 e. The maximum atomic E-state index is 13.2. The minimum absolute atomic E-state index is 0.0365. The van der Waals surface area contributed by atoms with Crippen LogP contribution in [0.1, 0.15) is 51.6 Å². The third kappa shape index (κ3) is 4.70. The molecule has 1 aliphatic heterocycles. The average Bonchev–Trinajstić information content (AvgIpc) is 2.74. The molecular formula is C25H25FN2O. The molecule has 1 atom stereocenters. The summed E-state index contributed by atoms with van der Waals surface area (Å²) in [6.07, 6.45) is 2.77. The van der Waals surface area contributed by atoms with Crippen LogP contribution in [0, 0.1) is 12.7 Å². The minimum Gasteiger partial charge on any atom is -0.338 e. The maximum absolute atomic E-state index is 13.2. The van der Waals surface area contributed by atoms with E-state index in [4.69, 9.17) is 4.98 Å². The highest BCUT2D eigenvalue weighted by atomic mass is 19.1. The van der Waals surface area contributed by atoms with E-state index in [1.54, 1.807) is 12.1 Å². The van der Waals surface area contributed by atoms with Crippen molar-refractivity contribution in [3.63, 3.8) is 0 Å². The van der Waals surface area contributed by atoms with Crippen molar-refractivity contribution in [3.05, 3.63) is 101 Å². The van der Waals surface area contributed by atoms with Crippen molar-refractivity contribution in [2.45, 2.75) is 32.1 Å². The predicted octanol–water partition coefficient (Wildman–Crippen LogP) is 5.14. The number of amides is 1. The number of likely N-dealkylation sites (tertiary alicyclic amines) is 1. The Labute approximate surface area is 171 Å². The molecule has 4 rings (SSSR count). The summed E-state index contributed by atoms with van der Waals surface area (Å²) >= 11 is 0. The fraction of sp³-hybridized carbons (Fsp3) is 0.280. The monoisotopic (exact) mass is 388 g/mol. The lowest BCUT2D eigenvalue weighted by Gasteiger charge is -2.32. The van der Waals surface area contributed by atoms with Gasteiger partial charge in [-0.3, -0.25) is 9.78 Å². The first-order valence-electron chi connectivity index (χ1n) is 10.1. The highest BCUT2D eigenvalue weighted by molar-refractivity contribution is 5.94. The number of rotatable bonds is 4. The third-order valence-electron chi connectivity index (χ3n) is 5.51. The van der Waals surface area contributed by atoms with Gasteiger partial charge < -0.3 is 4.90 Å². The molecule has 1 saturated heterocycles. The number of hydrogen-bond acceptors (Lipinski definition) is 2. The summed E-state index contributed by atoms with van der Waals surface area (Å²) in [5.41, 5.74) is 5.14. The average molecular weight is 388 g/mol. The van der Waals surface area contributed by atoms with E-state index in [0.29, 0.717) is 12.1 Å². The fourth-order valence-electron chi connectivity index (χ4n) is 4.03. The Morgan fingerprint density at radius 2 is 1.90 bits per heavy atom. The quantitative estimate of drug-likeness (QED) is 0.620. The molecule has 0 aliphatic carbocycles.